The highest BCUT2D eigenvalue weighted by Crippen LogP contribution is 1.96. The molecule has 0 saturated carbocycles. The zero-order valence-electron chi connectivity index (χ0n) is 4.88. The normalized spacial score (nSPS) is 30.0. The fourth-order valence-corrected chi connectivity index (χ4v) is 0.670. The van der Waals surface area contributed by atoms with Crippen molar-refractivity contribution in [2.75, 3.05) is 0 Å². The van der Waals surface area contributed by atoms with Gasteiger partial charge in [-0.05, 0) is 12.8 Å². The van der Waals surface area contributed by atoms with Gasteiger partial charge in [-0.25, -0.2) is 0 Å². The molecule has 0 aromatic carbocycles. The van der Waals surface area contributed by atoms with E-state index < -0.39 is 0 Å². The van der Waals surface area contributed by atoms with Crippen LogP contribution in [0, 0.1) is 0 Å². The molecule has 0 aromatic heterocycles. The summed E-state index contributed by atoms with van der Waals surface area (Å²) in [5.74, 6) is 0. The van der Waals surface area contributed by atoms with Gasteiger partial charge in [0.1, 0.15) is 0 Å². The molecule has 0 saturated heterocycles. The first kappa shape index (κ1) is 5.36. The fourth-order valence-electron chi connectivity index (χ4n) is 0.670. The molecule has 1 aliphatic carbocycles. The topological polar surface area (TPSA) is 0 Å². The molecule has 0 fully saturated rings. The van der Waals surface area contributed by atoms with E-state index in [0.717, 1.165) is 0 Å². The average molecular weight is 106 g/mol. The third-order valence-electron chi connectivity index (χ3n) is 1.11. The van der Waals surface area contributed by atoms with Crippen molar-refractivity contribution >= 4 is 0 Å². The van der Waals surface area contributed by atoms with E-state index in [-0.39, 0.29) is 0 Å². The highest BCUT2D eigenvalue weighted by Gasteiger charge is 1.75. The van der Waals surface area contributed by atoms with Crippen LogP contribution in [-0.2, 0) is 0 Å². The van der Waals surface area contributed by atoms with Crippen LogP contribution in [0.4, 0.5) is 0 Å². The van der Waals surface area contributed by atoms with Crippen molar-refractivity contribution in [3.63, 3.8) is 0 Å². The lowest BCUT2D eigenvalue weighted by Crippen LogP contribution is -1.65. The van der Waals surface area contributed by atoms with Crippen molar-refractivity contribution in [1.29, 1.82) is 0 Å². The average Bonchev–Trinajstić information content (AvgIpc) is 1.62. The third kappa shape index (κ3) is 1.78. The molecular formula is C8H10. The third-order valence-corrected chi connectivity index (χ3v) is 1.11. The van der Waals surface area contributed by atoms with Crippen LogP contribution in [0.15, 0.2) is 36.5 Å². The second-order valence-corrected chi connectivity index (χ2v) is 1.82. The van der Waals surface area contributed by atoms with Gasteiger partial charge in [0.2, 0.25) is 0 Å². The van der Waals surface area contributed by atoms with Crippen molar-refractivity contribution in [3.05, 3.63) is 36.5 Å². The Labute approximate surface area is 50.2 Å². The predicted octanol–water partition coefficient (Wildman–Crippen LogP) is 2.45. The molecule has 0 aromatic rings. The molecular weight excluding hydrogens is 96.1 g/mol. The summed E-state index contributed by atoms with van der Waals surface area (Å²) in [6.45, 7) is 0. The van der Waals surface area contributed by atoms with Crippen LogP contribution in [0.3, 0.4) is 0 Å². The minimum atomic E-state index is 1.18. The van der Waals surface area contributed by atoms with Crippen LogP contribution in [0.2, 0.25) is 0 Å². The summed E-state index contributed by atoms with van der Waals surface area (Å²) in [4.78, 5) is 0. The number of hydrogen-bond acceptors (Lipinski definition) is 0. The standard InChI is InChI=1S/C8H10/c1-2-4-6-8-7-5-3-1/h1-6H,7-8H2/b2-1-,5-3-,6-4+. The molecule has 0 amide bonds. The van der Waals surface area contributed by atoms with Crippen molar-refractivity contribution < 1.29 is 0 Å². The molecule has 1 rings (SSSR count). The molecule has 0 unspecified atom stereocenters. The van der Waals surface area contributed by atoms with Gasteiger partial charge in [-0.3, -0.25) is 0 Å². The first-order valence-corrected chi connectivity index (χ1v) is 2.98. The van der Waals surface area contributed by atoms with Gasteiger partial charge in [0.15, 0.2) is 0 Å². The van der Waals surface area contributed by atoms with Gasteiger partial charge in [-0.2, -0.15) is 0 Å². The number of rotatable bonds is 0. The maximum absolute atomic E-state index is 2.18. The molecule has 0 aliphatic heterocycles. The second kappa shape index (κ2) is 3.25. The first-order valence-electron chi connectivity index (χ1n) is 2.98. The Morgan fingerprint density at radius 1 is 0.625 bits per heavy atom. The molecule has 0 spiro atoms. The zero-order valence-corrected chi connectivity index (χ0v) is 4.88. The van der Waals surface area contributed by atoms with E-state index >= 15 is 0 Å². The quantitative estimate of drug-likeness (QED) is 0.445. The molecule has 0 atom stereocenters. The van der Waals surface area contributed by atoms with Crippen molar-refractivity contribution in [2.45, 2.75) is 12.8 Å². The lowest BCUT2D eigenvalue weighted by atomic mass is 10.2. The van der Waals surface area contributed by atoms with E-state index in [4.69, 9.17) is 0 Å². The smallest absolute Gasteiger partial charge is 0.0313 e. The molecule has 0 heteroatoms. The van der Waals surface area contributed by atoms with E-state index in [2.05, 4.69) is 36.5 Å². The molecule has 0 N–H and O–H groups in total. The van der Waals surface area contributed by atoms with Crippen molar-refractivity contribution in [1.82, 2.24) is 0 Å². The maximum Gasteiger partial charge on any atom is -0.0313 e. The predicted molar refractivity (Wildman–Crippen MR) is 36.7 cm³/mol. The Morgan fingerprint density at radius 3 is 1.62 bits per heavy atom. The van der Waals surface area contributed by atoms with E-state index in [0.29, 0.717) is 0 Å². The van der Waals surface area contributed by atoms with Crippen LogP contribution >= 0.6 is 0 Å². The number of allylic oxidation sites excluding steroid dienone is 6. The van der Waals surface area contributed by atoms with Crippen LogP contribution < -0.4 is 0 Å². The Morgan fingerprint density at radius 2 is 1.12 bits per heavy atom. The Bertz CT molecular complexity index is 111. The second-order valence-electron chi connectivity index (χ2n) is 1.82. The van der Waals surface area contributed by atoms with Crippen molar-refractivity contribution in [2.24, 2.45) is 0 Å². The van der Waals surface area contributed by atoms with Gasteiger partial charge < -0.3 is 0 Å². The largest absolute Gasteiger partial charge is 0.0842 e. The SMILES string of the molecule is C1=C\C=C\CC\C=C/1. The summed E-state index contributed by atoms with van der Waals surface area (Å²) in [6.07, 6.45) is 15.0. The van der Waals surface area contributed by atoms with Crippen LogP contribution in [-0.4, -0.2) is 0 Å². The lowest BCUT2D eigenvalue weighted by Gasteiger charge is -1.86. The van der Waals surface area contributed by atoms with Crippen LogP contribution in [0.1, 0.15) is 12.8 Å². The summed E-state index contributed by atoms with van der Waals surface area (Å²) in [6, 6.07) is 0. The molecule has 0 nitrogen and oxygen atoms in total. The molecule has 0 heterocycles. The van der Waals surface area contributed by atoms with Gasteiger partial charge in [0, 0.05) is 0 Å². The zero-order chi connectivity index (χ0) is 5.66. The first-order chi connectivity index (χ1) is 4.00. The lowest BCUT2D eigenvalue weighted by molar-refractivity contribution is 1.05. The molecule has 0 bridgehead atoms. The summed E-state index contributed by atoms with van der Waals surface area (Å²) in [5.41, 5.74) is 0. The van der Waals surface area contributed by atoms with E-state index in [9.17, 15) is 0 Å². The summed E-state index contributed by atoms with van der Waals surface area (Å²) in [7, 11) is 0. The minimum Gasteiger partial charge on any atom is -0.0842 e. The summed E-state index contributed by atoms with van der Waals surface area (Å²) in [5, 5.41) is 0. The monoisotopic (exact) mass is 106 g/mol. The van der Waals surface area contributed by atoms with Gasteiger partial charge in [-0.1, -0.05) is 36.5 Å². The van der Waals surface area contributed by atoms with Crippen LogP contribution in [0.5, 0.6) is 0 Å². The molecule has 8 heavy (non-hydrogen) atoms. The minimum absolute atomic E-state index is 1.18. The maximum atomic E-state index is 2.18. The van der Waals surface area contributed by atoms with Gasteiger partial charge in [0.05, 0.1) is 0 Å². The Hall–Kier alpha value is -0.780. The number of hydrogen-bond donors (Lipinski definition) is 0. The van der Waals surface area contributed by atoms with Crippen LogP contribution in [0.25, 0.3) is 0 Å². The summed E-state index contributed by atoms with van der Waals surface area (Å²) < 4.78 is 0. The molecule has 1 aliphatic rings. The van der Waals surface area contributed by atoms with Gasteiger partial charge in [0.25, 0.3) is 0 Å². The summed E-state index contributed by atoms with van der Waals surface area (Å²) >= 11 is 0. The fraction of sp³-hybridized carbons (Fsp3) is 0.250. The van der Waals surface area contributed by atoms with Gasteiger partial charge in [-0.15, -0.1) is 0 Å². The molecule has 0 radical (unpaired) electrons. The van der Waals surface area contributed by atoms with Crippen molar-refractivity contribution in [3.8, 4) is 0 Å². The highest BCUT2D eigenvalue weighted by atomic mass is 13.8. The molecule has 42 valence electrons. The van der Waals surface area contributed by atoms with Gasteiger partial charge >= 0.3 is 0 Å². The van der Waals surface area contributed by atoms with E-state index in [1.807, 2.05) is 0 Å². The van der Waals surface area contributed by atoms with E-state index in [1.54, 1.807) is 0 Å². The Balaban J connectivity index is 2.51. The highest BCUT2D eigenvalue weighted by molar-refractivity contribution is 5.13. The van der Waals surface area contributed by atoms with E-state index in [1.165, 1.54) is 12.8 Å². The Kier molecular flexibility index (Phi) is 2.18.